The van der Waals surface area contributed by atoms with Crippen molar-refractivity contribution in [2.45, 2.75) is 39.2 Å². The van der Waals surface area contributed by atoms with Gasteiger partial charge in [-0.15, -0.1) is 0 Å². The van der Waals surface area contributed by atoms with E-state index in [0.29, 0.717) is 5.71 Å². The standard InChI is InChI=1S/C22H21NO2/c1-14-8-10-15(11-9-14)23-19-16-6-4-5-7-17(16)21-18(20(19)24)12-13-22(2,3)25-21/h4-11H,12-13H2,1-3H3/b23-19+. The monoisotopic (exact) mass is 331 g/mol. The number of hydrogen-bond acceptors (Lipinski definition) is 3. The van der Waals surface area contributed by atoms with Crippen molar-refractivity contribution in [2.75, 3.05) is 0 Å². The van der Waals surface area contributed by atoms with Crippen molar-refractivity contribution in [2.24, 2.45) is 4.99 Å². The number of carbonyl (C=O) groups is 1. The van der Waals surface area contributed by atoms with E-state index < -0.39 is 0 Å². The van der Waals surface area contributed by atoms with Crippen molar-refractivity contribution < 1.29 is 9.53 Å². The molecule has 2 aromatic rings. The molecule has 0 N–H and O–H groups in total. The van der Waals surface area contributed by atoms with Crippen LogP contribution < -0.4 is 0 Å². The van der Waals surface area contributed by atoms with E-state index in [1.54, 1.807) is 0 Å². The van der Waals surface area contributed by atoms with Crippen LogP contribution in [-0.2, 0) is 9.53 Å². The SMILES string of the molecule is Cc1ccc(/N=C2/C(=O)C3=C(OC(C)(C)CC3)c3ccccc32)cc1. The van der Waals surface area contributed by atoms with Gasteiger partial charge in [0.15, 0.2) is 0 Å². The molecule has 1 aliphatic heterocycles. The third kappa shape index (κ3) is 2.80. The molecule has 0 atom stereocenters. The molecule has 0 spiro atoms. The first kappa shape index (κ1) is 15.8. The Morgan fingerprint density at radius 3 is 2.40 bits per heavy atom. The van der Waals surface area contributed by atoms with Crippen LogP contribution in [0.2, 0.25) is 0 Å². The lowest BCUT2D eigenvalue weighted by molar-refractivity contribution is -0.110. The van der Waals surface area contributed by atoms with Crippen molar-refractivity contribution in [1.29, 1.82) is 0 Å². The summed E-state index contributed by atoms with van der Waals surface area (Å²) in [4.78, 5) is 17.8. The average Bonchev–Trinajstić information content (AvgIpc) is 2.59. The fourth-order valence-electron chi connectivity index (χ4n) is 3.37. The molecule has 2 aromatic carbocycles. The second-order valence-electron chi connectivity index (χ2n) is 7.34. The van der Waals surface area contributed by atoms with Crippen LogP contribution >= 0.6 is 0 Å². The lowest BCUT2D eigenvalue weighted by Crippen LogP contribution is -2.34. The van der Waals surface area contributed by atoms with Crippen molar-refractivity contribution in [1.82, 2.24) is 0 Å². The number of allylic oxidation sites excluding steroid dienone is 1. The highest BCUT2D eigenvalue weighted by atomic mass is 16.5. The summed E-state index contributed by atoms with van der Waals surface area (Å²) in [5, 5.41) is 0. The summed E-state index contributed by atoms with van der Waals surface area (Å²) in [6.45, 7) is 6.18. The van der Waals surface area contributed by atoms with Crippen molar-refractivity contribution in [3.63, 3.8) is 0 Å². The second kappa shape index (κ2) is 5.69. The van der Waals surface area contributed by atoms with Gasteiger partial charge >= 0.3 is 0 Å². The Bertz CT molecular complexity index is 917. The maximum atomic E-state index is 13.1. The van der Waals surface area contributed by atoms with E-state index >= 15 is 0 Å². The smallest absolute Gasteiger partial charge is 0.211 e. The molecular weight excluding hydrogens is 310 g/mol. The molecule has 0 bridgehead atoms. The van der Waals surface area contributed by atoms with Gasteiger partial charge in [0.1, 0.15) is 17.1 Å². The van der Waals surface area contributed by atoms with Gasteiger partial charge in [0.05, 0.1) is 5.69 Å². The first-order chi connectivity index (χ1) is 11.9. The summed E-state index contributed by atoms with van der Waals surface area (Å²) >= 11 is 0. The van der Waals surface area contributed by atoms with Crippen LogP contribution in [0.5, 0.6) is 0 Å². The Hall–Kier alpha value is -2.68. The van der Waals surface area contributed by atoms with Crippen LogP contribution in [0.3, 0.4) is 0 Å². The summed E-state index contributed by atoms with van der Waals surface area (Å²) < 4.78 is 6.19. The number of hydrogen-bond donors (Lipinski definition) is 0. The number of ether oxygens (including phenoxy) is 1. The molecule has 1 aliphatic carbocycles. The molecule has 25 heavy (non-hydrogen) atoms. The van der Waals surface area contributed by atoms with Crippen LogP contribution in [0, 0.1) is 6.92 Å². The number of aliphatic imine (C=N–C) groups is 1. The second-order valence-corrected chi connectivity index (χ2v) is 7.34. The third-order valence-electron chi connectivity index (χ3n) is 4.82. The number of Topliss-reactive ketones (excluding diaryl/α,β-unsaturated/α-hetero) is 1. The van der Waals surface area contributed by atoms with Crippen molar-refractivity contribution in [3.8, 4) is 0 Å². The number of rotatable bonds is 1. The number of nitrogens with zero attached hydrogens (tertiary/aromatic N) is 1. The molecule has 3 nitrogen and oxygen atoms in total. The van der Waals surface area contributed by atoms with Gasteiger partial charge < -0.3 is 4.74 Å². The molecule has 3 heteroatoms. The molecule has 0 amide bonds. The highest BCUT2D eigenvalue weighted by Gasteiger charge is 2.38. The first-order valence-electron chi connectivity index (χ1n) is 8.67. The van der Waals surface area contributed by atoms with Crippen LogP contribution in [0.1, 0.15) is 43.4 Å². The van der Waals surface area contributed by atoms with Crippen molar-refractivity contribution >= 4 is 22.9 Å². The summed E-state index contributed by atoms with van der Waals surface area (Å²) in [6, 6.07) is 15.8. The normalized spacial score (nSPS) is 20.1. The average molecular weight is 331 g/mol. The minimum absolute atomic E-state index is 0.00947. The topological polar surface area (TPSA) is 38.7 Å². The molecule has 0 radical (unpaired) electrons. The Morgan fingerprint density at radius 2 is 1.68 bits per heavy atom. The highest BCUT2D eigenvalue weighted by molar-refractivity contribution is 6.54. The molecule has 0 aromatic heterocycles. The Balaban J connectivity index is 1.88. The fourth-order valence-corrected chi connectivity index (χ4v) is 3.37. The Morgan fingerprint density at radius 1 is 1.00 bits per heavy atom. The van der Waals surface area contributed by atoms with E-state index in [0.717, 1.165) is 41.0 Å². The molecule has 0 fully saturated rings. The predicted molar refractivity (Wildman–Crippen MR) is 100 cm³/mol. The zero-order valence-electron chi connectivity index (χ0n) is 14.8. The molecule has 4 rings (SSSR count). The lowest BCUT2D eigenvalue weighted by atomic mass is 9.82. The Labute approximate surface area is 148 Å². The third-order valence-corrected chi connectivity index (χ3v) is 4.82. The number of ketones is 1. The van der Waals surface area contributed by atoms with Crippen LogP contribution in [0.15, 0.2) is 59.1 Å². The van der Waals surface area contributed by atoms with Gasteiger partial charge in [-0.05, 0) is 45.7 Å². The van der Waals surface area contributed by atoms with Gasteiger partial charge in [0.25, 0.3) is 0 Å². The van der Waals surface area contributed by atoms with Gasteiger partial charge in [-0.2, -0.15) is 0 Å². The van der Waals surface area contributed by atoms with Crippen LogP contribution in [-0.4, -0.2) is 17.1 Å². The van der Waals surface area contributed by atoms with E-state index in [1.165, 1.54) is 5.56 Å². The van der Waals surface area contributed by atoms with E-state index in [-0.39, 0.29) is 11.4 Å². The molecule has 0 saturated heterocycles. The summed E-state index contributed by atoms with van der Waals surface area (Å²) in [7, 11) is 0. The van der Waals surface area contributed by atoms with Gasteiger partial charge in [-0.1, -0.05) is 42.0 Å². The van der Waals surface area contributed by atoms with Gasteiger partial charge in [0.2, 0.25) is 5.78 Å². The van der Waals surface area contributed by atoms with Gasteiger partial charge in [0, 0.05) is 16.7 Å². The largest absolute Gasteiger partial charge is 0.487 e. The zero-order valence-corrected chi connectivity index (χ0v) is 14.8. The lowest BCUT2D eigenvalue weighted by Gasteiger charge is -2.36. The molecule has 0 saturated carbocycles. The number of fused-ring (bicyclic) bond motifs is 2. The number of carbonyl (C=O) groups excluding carboxylic acids is 1. The van der Waals surface area contributed by atoms with Crippen LogP contribution in [0.4, 0.5) is 5.69 Å². The highest BCUT2D eigenvalue weighted by Crippen LogP contribution is 2.41. The Kier molecular flexibility index (Phi) is 3.60. The number of benzene rings is 2. The van der Waals surface area contributed by atoms with E-state index in [2.05, 4.69) is 18.8 Å². The molecular formula is C22H21NO2. The quantitative estimate of drug-likeness (QED) is 0.737. The van der Waals surface area contributed by atoms with Gasteiger partial charge in [-0.25, -0.2) is 4.99 Å². The van der Waals surface area contributed by atoms with E-state index in [9.17, 15) is 4.79 Å². The summed E-state index contributed by atoms with van der Waals surface area (Å²) in [5.74, 6) is 0.726. The molecule has 2 aliphatic rings. The minimum Gasteiger partial charge on any atom is -0.487 e. The number of aryl methyl sites for hydroxylation is 1. The molecule has 0 unspecified atom stereocenters. The maximum absolute atomic E-state index is 13.1. The zero-order chi connectivity index (χ0) is 17.6. The summed E-state index contributed by atoms with van der Waals surface area (Å²) in [6.07, 6.45) is 1.56. The summed E-state index contributed by atoms with van der Waals surface area (Å²) in [5.41, 5.74) is 4.81. The van der Waals surface area contributed by atoms with Crippen molar-refractivity contribution in [3.05, 3.63) is 70.8 Å². The molecule has 1 heterocycles. The van der Waals surface area contributed by atoms with E-state index in [4.69, 9.17) is 4.74 Å². The maximum Gasteiger partial charge on any atom is 0.211 e. The molecule has 126 valence electrons. The fraction of sp³-hybridized carbons (Fsp3) is 0.273. The van der Waals surface area contributed by atoms with Gasteiger partial charge in [-0.3, -0.25) is 4.79 Å². The first-order valence-corrected chi connectivity index (χ1v) is 8.67. The van der Waals surface area contributed by atoms with E-state index in [1.807, 2.05) is 55.5 Å². The predicted octanol–water partition coefficient (Wildman–Crippen LogP) is 5.00. The van der Waals surface area contributed by atoms with Crippen LogP contribution in [0.25, 0.3) is 5.76 Å². The minimum atomic E-state index is -0.252.